The van der Waals surface area contributed by atoms with Crippen LogP contribution in [0.2, 0.25) is 0 Å². The third-order valence-electron chi connectivity index (χ3n) is 1.18. The fourth-order valence-corrected chi connectivity index (χ4v) is 1.23. The molecule has 12 heavy (non-hydrogen) atoms. The second-order valence-electron chi connectivity index (χ2n) is 2.64. The zero-order valence-electron chi connectivity index (χ0n) is 7.20. The maximum atomic E-state index is 11.2. The van der Waals surface area contributed by atoms with Crippen LogP contribution in [-0.4, -0.2) is 21.7 Å². The molecular weight excluding hydrogens is 176 g/mol. The summed E-state index contributed by atoms with van der Waals surface area (Å²) >= 11 is 1.06. The number of esters is 1. The van der Waals surface area contributed by atoms with Crippen LogP contribution < -0.4 is 0 Å². The van der Waals surface area contributed by atoms with E-state index in [0.29, 0.717) is 10.6 Å². The van der Waals surface area contributed by atoms with Gasteiger partial charge in [-0.1, -0.05) is 4.49 Å². The minimum atomic E-state index is -0.336. The molecule has 0 atom stereocenters. The highest BCUT2D eigenvalue weighted by Crippen LogP contribution is 2.11. The summed E-state index contributed by atoms with van der Waals surface area (Å²) < 4.78 is 8.61. The summed E-state index contributed by atoms with van der Waals surface area (Å²) in [6.07, 6.45) is -0.0981. The number of carbonyl (C=O) groups excluding carboxylic acids is 1. The molecular formula is C7H10N2O2S. The predicted molar refractivity (Wildman–Crippen MR) is 45.2 cm³/mol. The molecule has 5 heteroatoms. The van der Waals surface area contributed by atoms with Gasteiger partial charge in [-0.25, -0.2) is 4.79 Å². The summed E-state index contributed by atoms with van der Waals surface area (Å²) in [6.45, 7) is 5.35. The van der Waals surface area contributed by atoms with Gasteiger partial charge in [0.05, 0.1) is 11.8 Å². The smallest absolute Gasteiger partial charge is 0.352 e. The molecule has 0 bridgehead atoms. The lowest BCUT2D eigenvalue weighted by Crippen LogP contribution is -2.11. The van der Waals surface area contributed by atoms with Crippen molar-refractivity contribution in [2.45, 2.75) is 26.9 Å². The molecule has 4 nitrogen and oxygen atoms in total. The second-order valence-corrected chi connectivity index (χ2v) is 3.40. The molecule has 0 unspecified atom stereocenters. The molecule has 0 spiro atoms. The van der Waals surface area contributed by atoms with Crippen molar-refractivity contribution in [1.82, 2.24) is 9.59 Å². The van der Waals surface area contributed by atoms with Gasteiger partial charge in [0, 0.05) is 0 Å². The molecule has 1 rings (SSSR count). The molecule has 0 aliphatic rings. The van der Waals surface area contributed by atoms with E-state index in [1.807, 2.05) is 13.8 Å². The van der Waals surface area contributed by atoms with Crippen molar-refractivity contribution in [3.63, 3.8) is 0 Å². The van der Waals surface area contributed by atoms with E-state index in [0.717, 1.165) is 11.5 Å². The molecule has 66 valence electrons. The Labute approximate surface area is 74.7 Å². The third-order valence-corrected chi connectivity index (χ3v) is 1.99. The number of nitrogens with zero attached hydrogens (tertiary/aromatic N) is 2. The maximum absolute atomic E-state index is 11.2. The van der Waals surface area contributed by atoms with Gasteiger partial charge in [-0.2, -0.15) is 0 Å². The SMILES string of the molecule is Cc1nnsc1C(=O)OC(C)C. The Bertz CT molecular complexity index is 283. The number of rotatable bonds is 2. The molecule has 0 N–H and O–H groups in total. The van der Waals surface area contributed by atoms with E-state index in [2.05, 4.69) is 9.59 Å². The van der Waals surface area contributed by atoms with Crippen molar-refractivity contribution in [1.29, 1.82) is 0 Å². The highest BCUT2D eigenvalue weighted by Gasteiger charge is 2.15. The van der Waals surface area contributed by atoms with Crippen LogP contribution in [0.4, 0.5) is 0 Å². The predicted octanol–water partition coefficient (Wildman–Crippen LogP) is 1.41. The first-order valence-corrected chi connectivity index (χ1v) is 4.38. The number of aromatic nitrogens is 2. The van der Waals surface area contributed by atoms with Crippen molar-refractivity contribution >= 4 is 17.5 Å². The van der Waals surface area contributed by atoms with Crippen molar-refractivity contribution in [2.24, 2.45) is 0 Å². The summed E-state index contributed by atoms with van der Waals surface area (Å²) in [5, 5.41) is 3.71. The Morgan fingerprint density at radius 3 is 2.67 bits per heavy atom. The molecule has 0 amide bonds. The topological polar surface area (TPSA) is 52.1 Å². The van der Waals surface area contributed by atoms with Gasteiger partial charge >= 0.3 is 5.97 Å². The number of carbonyl (C=O) groups is 1. The molecule has 1 heterocycles. The van der Waals surface area contributed by atoms with Gasteiger partial charge in [-0.3, -0.25) is 0 Å². The molecule has 0 saturated heterocycles. The zero-order chi connectivity index (χ0) is 9.14. The van der Waals surface area contributed by atoms with Crippen LogP contribution in [0.1, 0.15) is 29.2 Å². The first kappa shape index (κ1) is 9.12. The molecule has 0 aliphatic carbocycles. The van der Waals surface area contributed by atoms with Crippen LogP contribution in [0.15, 0.2) is 0 Å². The summed E-state index contributed by atoms with van der Waals surface area (Å²) in [5.41, 5.74) is 0.630. The van der Waals surface area contributed by atoms with Crippen LogP contribution in [0.5, 0.6) is 0 Å². The lowest BCUT2D eigenvalue weighted by Gasteiger charge is -2.05. The second kappa shape index (κ2) is 3.62. The van der Waals surface area contributed by atoms with Gasteiger partial charge < -0.3 is 4.74 Å². The first-order chi connectivity index (χ1) is 5.61. The van der Waals surface area contributed by atoms with E-state index in [-0.39, 0.29) is 12.1 Å². The van der Waals surface area contributed by atoms with Gasteiger partial charge in [0.25, 0.3) is 0 Å². The van der Waals surface area contributed by atoms with E-state index in [9.17, 15) is 4.79 Å². The van der Waals surface area contributed by atoms with Crippen LogP contribution in [-0.2, 0) is 4.74 Å². The average molecular weight is 186 g/mol. The summed E-state index contributed by atoms with van der Waals surface area (Å²) in [5.74, 6) is -0.336. The number of hydrogen-bond acceptors (Lipinski definition) is 5. The summed E-state index contributed by atoms with van der Waals surface area (Å²) in [6, 6.07) is 0. The van der Waals surface area contributed by atoms with Crippen molar-refractivity contribution < 1.29 is 9.53 Å². The molecule has 0 radical (unpaired) electrons. The minimum absolute atomic E-state index is 0.0981. The largest absolute Gasteiger partial charge is 0.459 e. The van der Waals surface area contributed by atoms with Gasteiger partial charge in [0.15, 0.2) is 4.88 Å². The molecule has 0 saturated carbocycles. The van der Waals surface area contributed by atoms with Crippen LogP contribution in [0.25, 0.3) is 0 Å². The Morgan fingerprint density at radius 2 is 2.25 bits per heavy atom. The number of aryl methyl sites for hydroxylation is 1. The zero-order valence-corrected chi connectivity index (χ0v) is 8.01. The molecule has 1 aromatic heterocycles. The summed E-state index contributed by atoms with van der Waals surface area (Å²) in [4.78, 5) is 11.7. The van der Waals surface area contributed by atoms with Gasteiger partial charge in [-0.15, -0.1) is 5.10 Å². The fraction of sp³-hybridized carbons (Fsp3) is 0.571. The van der Waals surface area contributed by atoms with Crippen molar-refractivity contribution in [3.05, 3.63) is 10.6 Å². The Morgan fingerprint density at radius 1 is 1.58 bits per heavy atom. The highest BCUT2D eigenvalue weighted by atomic mass is 32.1. The van der Waals surface area contributed by atoms with Gasteiger partial charge in [0.1, 0.15) is 0 Å². The molecule has 0 fully saturated rings. The lowest BCUT2D eigenvalue weighted by atomic mass is 10.4. The molecule has 0 aliphatic heterocycles. The van der Waals surface area contributed by atoms with Crippen LogP contribution >= 0.6 is 11.5 Å². The first-order valence-electron chi connectivity index (χ1n) is 3.61. The van der Waals surface area contributed by atoms with E-state index in [1.165, 1.54) is 0 Å². The lowest BCUT2D eigenvalue weighted by molar-refractivity contribution is 0.0383. The molecule has 1 aromatic rings. The van der Waals surface area contributed by atoms with Crippen LogP contribution in [0, 0.1) is 6.92 Å². The Kier molecular flexibility index (Phi) is 2.75. The van der Waals surface area contributed by atoms with Crippen molar-refractivity contribution in [2.75, 3.05) is 0 Å². The van der Waals surface area contributed by atoms with E-state index in [1.54, 1.807) is 6.92 Å². The average Bonchev–Trinajstić information content (AvgIpc) is 2.33. The molecule has 0 aromatic carbocycles. The highest BCUT2D eigenvalue weighted by molar-refractivity contribution is 7.07. The Hall–Kier alpha value is -0.970. The summed E-state index contributed by atoms with van der Waals surface area (Å²) in [7, 11) is 0. The fourth-order valence-electron chi connectivity index (χ4n) is 0.687. The third kappa shape index (κ3) is 2.01. The van der Waals surface area contributed by atoms with E-state index in [4.69, 9.17) is 4.74 Å². The standard InChI is InChI=1S/C7H10N2O2S/c1-4(2)11-7(10)6-5(3)8-9-12-6/h4H,1-3H3. The maximum Gasteiger partial charge on any atom is 0.352 e. The normalized spacial score (nSPS) is 10.3. The quantitative estimate of drug-likeness (QED) is 0.655. The minimum Gasteiger partial charge on any atom is -0.459 e. The monoisotopic (exact) mass is 186 g/mol. The number of hydrogen-bond donors (Lipinski definition) is 0. The van der Waals surface area contributed by atoms with Gasteiger partial charge in [0.2, 0.25) is 0 Å². The van der Waals surface area contributed by atoms with Gasteiger partial charge in [-0.05, 0) is 32.3 Å². The number of ether oxygens (including phenoxy) is 1. The van der Waals surface area contributed by atoms with Crippen LogP contribution in [0.3, 0.4) is 0 Å². The van der Waals surface area contributed by atoms with E-state index < -0.39 is 0 Å². The Balaban J connectivity index is 2.72. The van der Waals surface area contributed by atoms with E-state index >= 15 is 0 Å². The van der Waals surface area contributed by atoms with Crippen molar-refractivity contribution in [3.8, 4) is 0 Å².